The topological polar surface area (TPSA) is 195 Å². The van der Waals surface area contributed by atoms with E-state index in [-0.39, 0.29) is 25.8 Å². The predicted octanol–water partition coefficient (Wildman–Crippen LogP) is -0.494. The number of esters is 1. The van der Waals surface area contributed by atoms with E-state index in [1.54, 1.807) is 12.1 Å². The molecule has 2 aromatic rings. The number of primary amides is 1. The normalized spacial score (nSPS) is 12.8. The molecular weight excluding hydrogens is 504 g/mol. The maximum atomic E-state index is 13.3. The van der Waals surface area contributed by atoms with Crippen molar-refractivity contribution in [2.75, 3.05) is 20.2 Å². The highest BCUT2D eigenvalue weighted by Crippen LogP contribution is 2.08. The monoisotopic (exact) mass is 540 g/mol. The van der Waals surface area contributed by atoms with E-state index in [1.165, 1.54) is 7.11 Å². The number of ether oxygens (including phenoxy) is 1. The first kappa shape index (κ1) is 30.8. The van der Waals surface area contributed by atoms with Gasteiger partial charge in [0.15, 0.2) is 0 Å². The number of amides is 5. The summed E-state index contributed by atoms with van der Waals surface area (Å²) in [6, 6.07) is 14.6. The summed E-state index contributed by atoms with van der Waals surface area (Å²) in [5.41, 5.74) is 12.4. The fraction of sp³-hybridized carbons (Fsp3) is 0.370. The summed E-state index contributed by atoms with van der Waals surface area (Å²) in [6.45, 7) is -0.140. The van der Waals surface area contributed by atoms with Gasteiger partial charge >= 0.3 is 12.0 Å². The molecule has 0 saturated carbocycles. The van der Waals surface area contributed by atoms with Crippen LogP contribution in [-0.4, -0.2) is 68.0 Å². The van der Waals surface area contributed by atoms with Gasteiger partial charge in [-0.1, -0.05) is 60.7 Å². The van der Waals surface area contributed by atoms with E-state index >= 15 is 0 Å². The Labute approximate surface area is 227 Å². The van der Waals surface area contributed by atoms with Crippen LogP contribution in [0.2, 0.25) is 0 Å². The zero-order valence-electron chi connectivity index (χ0n) is 21.9. The van der Waals surface area contributed by atoms with Crippen LogP contribution in [0.15, 0.2) is 60.7 Å². The van der Waals surface area contributed by atoms with Crippen molar-refractivity contribution in [1.29, 1.82) is 0 Å². The van der Waals surface area contributed by atoms with Crippen molar-refractivity contribution in [1.82, 2.24) is 21.3 Å². The van der Waals surface area contributed by atoms with Gasteiger partial charge in [0.05, 0.1) is 19.7 Å². The lowest BCUT2D eigenvalue weighted by Crippen LogP contribution is -2.55. The molecule has 0 unspecified atom stereocenters. The Morgan fingerprint density at radius 3 is 1.90 bits per heavy atom. The first-order valence-corrected chi connectivity index (χ1v) is 12.5. The van der Waals surface area contributed by atoms with Crippen molar-refractivity contribution >= 4 is 29.7 Å². The summed E-state index contributed by atoms with van der Waals surface area (Å²) in [7, 11) is 1.23. The average Bonchev–Trinajstić information content (AvgIpc) is 2.93. The molecule has 5 amide bonds. The Hall–Kier alpha value is -4.45. The molecule has 0 aliphatic heterocycles. The minimum atomic E-state index is -1.03. The number of carbonyl (C=O) groups excluding carboxylic acids is 5. The molecule has 12 heteroatoms. The number of urea groups is 1. The molecular formula is C27H36N6O6. The van der Waals surface area contributed by atoms with Crippen molar-refractivity contribution in [3.05, 3.63) is 71.8 Å². The fourth-order valence-electron chi connectivity index (χ4n) is 3.73. The summed E-state index contributed by atoms with van der Waals surface area (Å²) in [5, 5.41) is 10.2. The van der Waals surface area contributed by atoms with Crippen LogP contribution in [-0.2, 0) is 36.8 Å². The zero-order valence-corrected chi connectivity index (χ0v) is 21.9. The molecule has 0 heterocycles. The minimum Gasteiger partial charge on any atom is -0.467 e. The van der Waals surface area contributed by atoms with Gasteiger partial charge in [-0.15, -0.1) is 0 Å². The minimum absolute atomic E-state index is 0.151. The van der Waals surface area contributed by atoms with Crippen molar-refractivity contribution < 1.29 is 28.7 Å². The average molecular weight is 541 g/mol. The van der Waals surface area contributed by atoms with Crippen LogP contribution in [0.25, 0.3) is 0 Å². The molecule has 39 heavy (non-hydrogen) atoms. The summed E-state index contributed by atoms with van der Waals surface area (Å²) in [5.74, 6) is -2.37. The quantitative estimate of drug-likeness (QED) is 0.129. The van der Waals surface area contributed by atoms with Crippen molar-refractivity contribution in [3.63, 3.8) is 0 Å². The van der Waals surface area contributed by atoms with E-state index in [1.807, 2.05) is 48.5 Å². The molecule has 0 radical (unpaired) electrons. The van der Waals surface area contributed by atoms with E-state index in [0.29, 0.717) is 6.42 Å². The third-order valence-electron chi connectivity index (χ3n) is 5.77. The van der Waals surface area contributed by atoms with Gasteiger partial charge in [0.2, 0.25) is 17.7 Å². The van der Waals surface area contributed by atoms with E-state index in [9.17, 15) is 24.0 Å². The van der Waals surface area contributed by atoms with Gasteiger partial charge in [-0.25, -0.2) is 9.59 Å². The number of rotatable bonds is 15. The zero-order chi connectivity index (χ0) is 28.6. The summed E-state index contributed by atoms with van der Waals surface area (Å²) >= 11 is 0. The second kappa shape index (κ2) is 16.4. The number of hydrogen-bond acceptors (Lipinski definition) is 7. The molecule has 2 aromatic carbocycles. The van der Waals surface area contributed by atoms with Gasteiger partial charge in [-0.3, -0.25) is 14.4 Å². The molecule has 0 fully saturated rings. The van der Waals surface area contributed by atoms with Crippen molar-refractivity contribution in [3.8, 4) is 0 Å². The molecule has 0 saturated heterocycles. The maximum absolute atomic E-state index is 13.3. The standard InChI is InChI=1S/C27H36N6O6/c1-39-26(37)22(16-19-11-6-3-7-12-19)33-25(36)21(15-18-9-4-2-5-10-18)32-23(34)17-31-24(35)20(28)13-8-14-30-27(29)38/h2-7,9-12,20-22H,8,13-17,28H2,1H3,(H,31,35)(H,32,34)(H,33,36)(H3,29,30,38)/t20-,21-,22-/m0/s1. The molecule has 3 atom stereocenters. The van der Waals surface area contributed by atoms with E-state index in [4.69, 9.17) is 16.2 Å². The lowest BCUT2D eigenvalue weighted by molar-refractivity contribution is -0.145. The highest BCUT2D eigenvalue weighted by molar-refractivity contribution is 5.93. The molecule has 0 aliphatic carbocycles. The molecule has 8 N–H and O–H groups in total. The van der Waals surface area contributed by atoms with Crippen LogP contribution in [0.5, 0.6) is 0 Å². The lowest BCUT2D eigenvalue weighted by atomic mass is 10.0. The third-order valence-corrected chi connectivity index (χ3v) is 5.77. The number of carbonyl (C=O) groups is 5. The van der Waals surface area contributed by atoms with Gasteiger partial charge in [-0.2, -0.15) is 0 Å². The summed E-state index contributed by atoms with van der Waals surface area (Å²) in [4.78, 5) is 61.3. The smallest absolute Gasteiger partial charge is 0.328 e. The summed E-state index contributed by atoms with van der Waals surface area (Å²) < 4.78 is 4.87. The number of hydrogen-bond donors (Lipinski definition) is 6. The molecule has 0 bridgehead atoms. The van der Waals surface area contributed by atoms with Gasteiger partial charge in [-0.05, 0) is 24.0 Å². The fourth-order valence-corrected chi connectivity index (χ4v) is 3.73. The Morgan fingerprint density at radius 1 is 0.795 bits per heavy atom. The third kappa shape index (κ3) is 11.6. The van der Waals surface area contributed by atoms with Gasteiger partial charge < -0.3 is 37.5 Å². The molecule has 0 spiro atoms. The maximum Gasteiger partial charge on any atom is 0.328 e. The van der Waals surface area contributed by atoms with Gasteiger partial charge in [0.1, 0.15) is 12.1 Å². The second-order valence-corrected chi connectivity index (χ2v) is 8.84. The van der Waals surface area contributed by atoms with Crippen LogP contribution in [0, 0.1) is 0 Å². The number of benzene rings is 2. The molecule has 210 valence electrons. The molecule has 0 aliphatic rings. The Morgan fingerprint density at radius 2 is 1.36 bits per heavy atom. The van der Waals surface area contributed by atoms with E-state index in [0.717, 1.165) is 11.1 Å². The van der Waals surface area contributed by atoms with Crippen molar-refractivity contribution in [2.45, 2.75) is 43.8 Å². The first-order valence-electron chi connectivity index (χ1n) is 12.5. The lowest BCUT2D eigenvalue weighted by Gasteiger charge is -2.23. The van der Waals surface area contributed by atoms with Gasteiger partial charge in [0, 0.05) is 19.4 Å². The Balaban J connectivity index is 2.01. The highest BCUT2D eigenvalue weighted by atomic mass is 16.5. The SMILES string of the molecule is COC(=O)[C@H](Cc1ccccc1)NC(=O)[C@H](Cc1ccccc1)NC(=O)CNC(=O)[C@@H](N)CCCNC(N)=O. The molecule has 2 rings (SSSR count). The van der Waals surface area contributed by atoms with E-state index < -0.39 is 54.4 Å². The van der Waals surface area contributed by atoms with Crippen LogP contribution in [0.4, 0.5) is 4.79 Å². The first-order chi connectivity index (χ1) is 18.7. The largest absolute Gasteiger partial charge is 0.467 e. The summed E-state index contributed by atoms with van der Waals surface area (Å²) in [6.07, 6.45) is 1.04. The highest BCUT2D eigenvalue weighted by Gasteiger charge is 2.28. The van der Waals surface area contributed by atoms with Gasteiger partial charge in [0.25, 0.3) is 0 Å². The van der Waals surface area contributed by atoms with Crippen LogP contribution < -0.4 is 32.7 Å². The molecule has 0 aromatic heterocycles. The van der Waals surface area contributed by atoms with Crippen LogP contribution >= 0.6 is 0 Å². The van der Waals surface area contributed by atoms with Crippen LogP contribution in [0.1, 0.15) is 24.0 Å². The van der Waals surface area contributed by atoms with Crippen molar-refractivity contribution in [2.24, 2.45) is 11.5 Å². The molecule has 12 nitrogen and oxygen atoms in total. The number of nitrogens with two attached hydrogens (primary N) is 2. The predicted molar refractivity (Wildman–Crippen MR) is 144 cm³/mol. The Kier molecular flexibility index (Phi) is 12.9. The number of methoxy groups -OCH3 is 1. The second-order valence-electron chi connectivity index (χ2n) is 8.84. The van der Waals surface area contributed by atoms with E-state index in [2.05, 4.69) is 21.3 Å². The van der Waals surface area contributed by atoms with Crippen LogP contribution in [0.3, 0.4) is 0 Å². The number of nitrogens with one attached hydrogen (secondary N) is 4. The Bertz CT molecular complexity index is 1100.